The number of carbonyl (C=O) groups is 7. The monoisotopic (exact) mass is 738 g/mol. The molecule has 1 aliphatic heterocycles. The van der Waals surface area contributed by atoms with Gasteiger partial charge in [-0.2, -0.15) is 0 Å². The van der Waals surface area contributed by atoms with Gasteiger partial charge in [0.2, 0.25) is 5.91 Å². The molecule has 0 bridgehead atoms. The number of ether oxygens (including phenoxy) is 6. The zero-order valence-electron chi connectivity index (χ0n) is 29.6. The standard InChI is InChI=1S/C36H42N4O13/c1-6-15-48-34(45)28(39-36(47)50-17-27-25-13-9-7-11-23(25)24-12-8-10-14-26(24)27)16-37-35(46)40-33-30(38-19(2)41)32(52-22(5)44)31(51-21(4)43)29(53-33)18-49-20(3)42/h6-14,27-33H,1,15-18H2,2-5H3,(H,38,41)(H,39,47)(H2,37,40,46)/t28-,29+,30+,31+,32+,33+/m0/s1. The summed E-state index contributed by atoms with van der Waals surface area (Å²) in [6, 6.07) is 11.8. The van der Waals surface area contributed by atoms with Crippen molar-refractivity contribution < 1.29 is 62.0 Å². The Morgan fingerprint density at radius 3 is 1.94 bits per heavy atom. The van der Waals surface area contributed by atoms with E-state index in [4.69, 9.17) is 28.4 Å². The average Bonchev–Trinajstić information content (AvgIpc) is 3.42. The van der Waals surface area contributed by atoms with E-state index in [0.29, 0.717) is 0 Å². The van der Waals surface area contributed by atoms with Gasteiger partial charge >= 0.3 is 36.0 Å². The Bertz CT molecular complexity index is 1670. The third kappa shape index (κ3) is 10.8. The number of rotatable bonds is 14. The highest BCUT2D eigenvalue weighted by atomic mass is 16.6. The van der Waals surface area contributed by atoms with Gasteiger partial charge in [0.1, 0.15) is 38.0 Å². The molecule has 53 heavy (non-hydrogen) atoms. The Hall–Kier alpha value is -5.97. The molecule has 0 saturated carbocycles. The summed E-state index contributed by atoms with van der Waals surface area (Å²) in [5.74, 6) is -4.11. The van der Waals surface area contributed by atoms with Crippen LogP contribution >= 0.6 is 0 Å². The summed E-state index contributed by atoms with van der Waals surface area (Å²) < 4.78 is 32.4. The lowest BCUT2D eigenvalue weighted by atomic mass is 9.95. The maximum absolute atomic E-state index is 13.3. The van der Waals surface area contributed by atoms with Crippen molar-refractivity contribution in [1.29, 1.82) is 0 Å². The molecule has 1 heterocycles. The molecule has 4 rings (SSSR count). The quantitative estimate of drug-likeness (QED) is 0.123. The first-order valence-electron chi connectivity index (χ1n) is 16.6. The minimum absolute atomic E-state index is 0.0435. The van der Waals surface area contributed by atoms with Gasteiger partial charge in [-0.25, -0.2) is 14.4 Å². The van der Waals surface area contributed by atoms with Gasteiger partial charge in [0, 0.05) is 33.6 Å². The number of alkyl carbamates (subject to hydrolysis) is 1. The molecule has 2 aliphatic rings. The summed E-state index contributed by atoms with van der Waals surface area (Å²) in [5, 5.41) is 9.85. The number of hydrogen-bond donors (Lipinski definition) is 4. The molecule has 1 fully saturated rings. The van der Waals surface area contributed by atoms with E-state index in [0.717, 1.165) is 49.9 Å². The molecule has 0 spiro atoms. The number of fused-ring (bicyclic) bond motifs is 3. The fraction of sp³-hybridized carbons (Fsp3) is 0.417. The predicted molar refractivity (Wildman–Crippen MR) is 184 cm³/mol. The van der Waals surface area contributed by atoms with Crippen LogP contribution in [-0.2, 0) is 52.4 Å². The molecule has 4 N–H and O–H groups in total. The third-order valence-electron chi connectivity index (χ3n) is 8.12. The zero-order valence-corrected chi connectivity index (χ0v) is 29.6. The highest BCUT2D eigenvalue weighted by Gasteiger charge is 2.51. The molecular formula is C36H42N4O13. The molecular weight excluding hydrogens is 696 g/mol. The summed E-state index contributed by atoms with van der Waals surface area (Å²) in [6.45, 7) is 6.73. The van der Waals surface area contributed by atoms with Crippen molar-refractivity contribution in [1.82, 2.24) is 21.3 Å². The molecule has 17 heteroatoms. The van der Waals surface area contributed by atoms with Crippen molar-refractivity contribution >= 4 is 41.9 Å². The minimum atomic E-state index is -1.48. The SMILES string of the molecule is C=CCOC(=O)[C@H](CNC(=O)N[C@@H]1O[C@H](COC(C)=O)[C@@H](OC(C)=O)[C@H](OC(C)=O)[C@H]1NC(C)=O)NC(=O)OCC1c2ccccc2-c2ccccc21. The van der Waals surface area contributed by atoms with E-state index in [1.165, 1.54) is 6.08 Å². The zero-order chi connectivity index (χ0) is 38.7. The first-order valence-corrected chi connectivity index (χ1v) is 16.6. The van der Waals surface area contributed by atoms with E-state index in [2.05, 4.69) is 27.8 Å². The van der Waals surface area contributed by atoms with Gasteiger partial charge in [-0.15, -0.1) is 0 Å². The van der Waals surface area contributed by atoms with Crippen molar-refractivity contribution in [2.45, 2.75) is 70.2 Å². The molecule has 0 radical (unpaired) electrons. The van der Waals surface area contributed by atoms with Gasteiger partial charge in [-0.1, -0.05) is 61.2 Å². The average molecular weight is 739 g/mol. The van der Waals surface area contributed by atoms with Gasteiger partial charge in [0.25, 0.3) is 0 Å². The second kappa shape index (κ2) is 18.5. The van der Waals surface area contributed by atoms with Gasteiger partial charge in [0.15, 0.2) is 18.4 Å². The van der Waals surface area contributed by atoms with Crippen LogP contribution in [0.2, 0.25) is 0 Å². The van der Waals surface area contributed by atoms with Crippen LogP contribution in [-0.4, -0.2) is 105 Å². The van der Waals surface area contributed by atoms with Crippen molar-refractivity contribution in [3.05, 3.63) is 72.3 Å². The molecule has 2 aromatic carbocycles. The second-order valence-electron chi connectivity index (χ2n) is 12.1. The van der Waals surface area contributed by atoms with Gasteiger partial charge in [-0.3, -0.25) is 19.2 Å². The molecule has 0 aromatic heterocycles. The molecule has 4 amide bonds. The van der Waals surface area contributed by atoms with Crippen LogP contribution in [0.25, 0.3) is 11.1 Å². The molecule has 0 unspecified atom stereocenters. The fourth-order valence-electron chi connectivity index (χ4n) is 6.05. The van der Waals surface area contributed by atoms with Crippen molar-refractivity contribution in [3.63, 3.8) is 0 Å². The molecule has 284 valence electrons. The van der Waals surface area contributed by atoms with Crippen molar-refractivity contribution in [3.8, 4) is 11.1 Å². The topological polar surface area (TPSA) is 223 Å². The van der Waals surface area contributed by atoms with E-state index >= 15 is 0 Å². The van der Waals surface area contributed by atoms with Crippen LogP contribution in [0.15, 0.2) is 61.2 Å². The molecule has 17 nitrogen and oxygen atoms in total. The lowest BCUT2D eigenvalue weighted by molar-refractivity contribution is -0.226. The van der Waals surface area contributed by atoms with E-state index in [-0.39, 0.29) is 19.1 Å². The number of hydrogen-bond acceptors (Lipinski definition) is 13. The third-order valence-corrected chi connectivity index (χ3v) is 8.12. The smallest absolute Gasteiger partial charge is 0.407 e. The van der Waals surface area contributed by atoms with Crippen LogP contribution in [0.1, 0.15) is 44.7 Å². The van der Waals surface area contributed by atoms with E-state index in [1.807, 2.05) is 48.5 Å². The summed E-state index contributed by atoms with van der Waals surface area (Å²) in [4.78, 5) is 87.1. The van der Waals surface area contributed by atoms with Gasteiger partial charge in [0.05, 0.1) is 6.54 Å². The fourth-order valence-corrected chi connectivity index (χ4v) is 6.05. The summed E-state index contributed by atoms with van der Waals surface area (Å²) in [7, 11) is 0. The van der Waals surface area contributed by atoms with Crippen LogP contribution in [0.4, 0.5) is 9.59 Å². The predicted octanol–water partition coefficient (Wildman–Crippen LogP) is 1.58. The highest BCUT2D eigenvalue weighted by molar-refractivity contribution is 5.83. The molecule has 1 saturated heterocycles. The number of benzene rings is 2. The molecule has 1 aliphatic carbocycles. The first kappa shape index (κ1) is 39.8. The number of urea groups is 1. The normalized spacial score (nSPS) is 20.6. The molecule has 2 aromatic rings. The number of carbonyl (C=O) groups excluding carboxylic acids is 7. The second-order valence-corrected chi connectivity index (χ2v) is 12.1. The lowest BCUT2D eigenvalue weighted by Gasteiger charge is -2.45. The van der Waals surface area contributed by atoms with Crippen molar-refractivity contribution in [2.24, 2.45) is 0 Å². The van der Waals surface area contributed by atoms with E-state index < -0.39 is 91.7 Å². The van der Waals surface area contributed by atoms with E-state index in [9.17, 15) is 33.6 Å². The maximum atomic E-state index is 13.3. The highest BCUT2D eigenvalue weighted by Crippen LogP contribution is 2.44. The van der Waals surface area contributed by atoms with Crippen LogP contribution < -0.4 is 21.3 Å². The Kier molecular flexibility index (Phi) is 13.9. The Balaban J connectivity index is 1.46. The lowest BCUT2D eigenvalue weighted by Crippen LogP contribution is -2.70. The number of esters is 4. The Labute approximate surface area is 305 Å². The number of nitrogens with one attached hydrogen (secondary N) is 4. The van der Waals surface area contributed by atoms with Gasteiger partial charge < -0.3 is 49.7 Å². The van der Waals surface area contributed by atoms with E-state index in [1.54, 1.807) is 0 Å². The van der Waals surface area contributed by atoms with Crippen LogP contribution in [0.3, 0.4) is 0 Å². The Morgan fingerprint density at radius 2 is 1.38 bits per heavy atom. The number of amides is 4. The minimum Gasteiger partial charge on any atom is -0.463 e. The van der Waals surface area contributed by atoms with Crippen molar-refractivity contribution in [2.75, 3.05) is 26.4 Å². The first-order chi connectivity index (χ1) is 25.3. The molecule has 6 atom stereocenters. The largest absolute Gasteiger partial charge is 0.463 e. The van der Waals surface area contributed by atoms with Crippen LogP contribution in [0, 0.1) is 0 Å². The summed E-state index contributed by atoms with van der Waals surface area (Å²) >= 11 is 0. The maximum Gasteiger partial charge on any atom is 0.407 e. The van der Waals surface area contributed by atoms with Gasteiger partial charge in [-0.05, 0) is 22.3 Å². The Morgan fingerprint density at radius 1 is 0.774 bits per heavy atom. The van der Waals surface area contributed by atoms with Crippen LogP contribution in [0.5, 0.6) is 0 Å². The summed E-state index contributed by atoms with van der Waals surface area (Å²) in [6.07, 6.45) is -5.18. The summed E-state index contributed by atoms with van der Waals surface area (Å²) in [5.41, 5.74) is 4.02.